The summed E-state index contributed by atoms with van der Waals surface area (Å²) in [6.45, 7) is 6.86. The summed E-state index contributed by atoms with van der Waals surface area (Å²) in [7, 11) is 0. The van der Waals surface area contributed by atoms with E-state index in [1.54, 1.807) is 11.1 Å². The van der Waals surface area contributed by atoms with Gasteiger partial charge in [0.15, 0.2) is 0 Å². The van der Waals surface area contributed by atoms with E-state index in [9.17, 15) is 0 Å². The van der Waals surface area contributed by atoms with Crippen molar-refractivity contribution in [2.24, 2.45) is 0 Å². The van der Waals surface area contributed by atoms with Crippen LogP contribution >= 0.6 is 0 Å². The summed E-state index contributed by atoms with van der Waals surface area (Å²) in [4.78, 5) is 0. The number of aryl methyl sites for hydroxylation is 1. The third-order valence-corrected chi connectivity index (χ3v) is 5.53. The number of unbranched alkanes of at least 4 members (excludes halogenated alkanes) is 3. The molecule has 0 aliphatic rings. The van der Waals surface area contributed by atoms with Crippen molar-refractivity contribution in [3.8, 4) is 5.75 Å². The molecule has 0 N–H and O–H groups in total. The Morgan fingerprint density at radius 1 is 0.708 bits per heavy atom. The van der Waals surface area contributed by atoms with Gasteiger partial charge >= 0.3 is 162 Å². The van der Waals surface area contributed by atoms with Crippen molar-refractivity contribution in [3.05, 3.63) is 41.0 Å². The summed E-state index contributed by atoms with van der Waals surface area (Å²) in [5, 5.41) is 2.75. The van der Waals surface area contributed by atoms with Gasteiger partial charge in [0.05, 0.1) is 0 Å². The molecule has 0 fully saturated rings. The summed E-state index contributed by atoms with van der Waals surface area (Å²) in [6.07, 6.45) is 11.1. The number of fused-ring (bicyclic) bond motifs is 1. The third-order valence-electron chi connectivity index (χ3n) is 4.94. The molecule has 0 heterocycles. The van der Waals surface area contributed by atoms with Crippen LogP contribution in [0.15, 0.2) is 24.3 Å². The molecule has 0 amide bonds. The SMILES string of the molecule is CCCCc1c(CCCC)c([O][Sn])c2ccccc2c1CCCC. The molecule has 0 saturated carbocycles. The van der Waals surface area contributed by atoms with E-state index in [0.29, 0.717) is 0 Å². The topological polar surface area (TPSA) is 9.23 Å². The van der Waals surface area contributed by atoms with Crippen molar-refractivity contribution in [2.45, 2.75) is 78.6 Å². The van der Waals surface area contributed by atoms with Gasteiger partial charge in [0.1, 0.15) is 0 Å². The number of hydrogen-bond acceptors (Lipinski definition) is 1. The van der Waals surface area contributed by atoms with Gasteiger partial charge in [0.2, 0.25) is 0 Å². The van der Waals surface area contributed by atoms with E-state index in [1.807, 2.05) is 0 Å². The second-order valence-corrected chi connectivity index (χ2v) is 7.31. The van der Waals surface area contributed by atoms with Crippen LogP contribution in [-0.2, 0) is 19.3 Å². The summed E-state index contributed by atoms with van der Waals surface area (Å²) in [5.74, 6) is 1.17. The number of hydrogen-bond donors (Lipinski definition) is 0. The second-order valence-electron chi connectivity index (χ2n) is 6.72. The van der Waals surface area contributed by atoms with Gasteiger partial charge in [-0.05, 0) is 0 Å². The number of benzene rings is 2. The number of rotatable bonds is 10. The zero-order chi connectivity index (χ0) is 17.4. The fourth-order valence-corrected chi connectivity index (χ4v) is 4.28. The van der Waals surface area contributed by atoms with Crippen molar-refractivity contribution >= 4 is 33.7 Å². The van der Waals surface area contributed by atoms with Crippen LogP contribution in [0.1, 0.15) is 76.0 Å². The van der Waals surface area contributed by atoms with Crippen LogP contribution < -0.4 is 3.07 Å². The molecule has 0 aromatic heterocycles. The molecule has 2 heteroatoms. The monoisotopic (exact) mass is 431 g/mol. The maximum absolute atomic E-state index is 6.03. The zero-order valence-electron chi connectivity index (χ0n) is 15.6. The van der Waals surface area contributed by atoms with Crippen LogP contribution in [0.4, 0.5) is 0 Å². The molecule has 2 aromatic rings. The van der Waals surface area contributed by atoms with E-state index in [0.717, 1.165) is 29.4 Å². The van der Waals surface area contributed by atoms with E-state index in [2.05, 4.69) is 45.0 Å². The molecule has 2 rings (SSSR count). The Bertz CT molecular complexity index is 648. The predicted octanol–water partition coefficient (Wildman–Crippen LogP) is 6.33. The molecule has 0 atom stereocenters. The Hall–Kier alpha value is -0.701. The van der Waals surface area contributed by atoms with Gasteiger partial charge in [-0.3, -0.25) is 0 Å². The predicted molar refractivity (Wildman–Crippen MR) is 106 cm³/mol. The summed E-state index contributed by atoms with van der Waals surface area (Å²) >= 11 is 1.14. The molecule has 0 spiro atoms. The summed E-state index contributed by atoms with van der Waals surface area (Å²) in [6, 6.07) is 8.89. The molecule has 0 bridgehead atoms. The van der Waals surface area contributed by atoms with Crippen LogP contribution in [0.5, 0.6) is 5.75 Å². The van der Waals surface area contributed by atoms with Crippen molar-refractivity contribution in [1.82, 2.24) is 0 Å². The quantitative estimate of drug-likeness (QED) is 0.401. The Morgan fingerprint density at radius 3 is 1.75 bits per heavy atom. The molecule has 0 saturated heterocycles. The molecular formula is C22H31OSn. The molecule has 3 radical (unpaired) electrons. The Morgan fingerprint density at radius 2 is 1.21 bits per heavy atom. The molecule has 0 aliphatic carbocycles. The fourth-order valence-electron chi connectivity index (χ4n) is 3.62. The van der Waals surface area contributed by atoms with Crippen molar-refractivity contribution in [3.63, 3.8) is 0 Å². The standard InChI is InChI=1S/C22H32O.Sn/c1-4-7-12-17-18(13-8-5-2)20(14-9-6-3)22(23)21-16-11-10-15-19(17)21;/h10-11,15-16,23H,4-9,12-14H2,1-3H3;/q;+1/p-1. The van der Waals surface area contributed by atoms with Gasteiger partial charge in [-0.25, -0.2) is 0 Å². The minimum absolute atomic E-state index is 1.14. The molecule has 1 nitrogen and oxygen atoms in total. The van der Waals surface area contributed by atoms with Crippen LogP contribution in [0, 0.1) is 0 Å². The van der Waals surface area contributed by atoms with Crippen LogP contribution in [0.2, 0.25) is 0 Å². The first kappa shape index (κ1) is 19.6. The Balaban J connectivity index is 2.69. The van der Waals surface area contributed by atoms with Gasteiger partial charge in [-0.2, -0.15) is 0 Å². The van der Waals surface area contributed by atoms with E-state index in [4.69, 9.17) is 3.07 Å². The second kappa shape index (κ2) is 10.3. The third kappa shape index (κ3) is 4.47. The molecule has 24 heavy (non-hydrogen) atoms. The minimum atomic E-state index is 1.14. The molecule has 2 aromatic carbocycles. The van der Waals surface area contributed by atoms with Crippen molar-refractivity contribution in [2.75, 3.05) is 0 Å². The molecular weight excluding hydrogens is 399 g/mol. The average Bonchev–Trinajstić information content (AvgIpc) is 2.62. The van der Waals surface area contributed by atoms with Crippen molar-refractivity contribution in [1.29, 1.82) is 0 Å². The van der Waals surface area contributed by atoms with E-state index >= 15 is 0 Å². The van der Waals surface area contributed by atoms with Gasteiger partial charge in [-0.1, -0.05) is 0 Å². The average molecular weight is 430 g/mol. The first-order chi connectivity index (χ1) is 11.8. The molecule has 129 valence electrons. The van der Waals surface area contributed by atoms with Crippen LogP contribution in [-0.4, -0.2) is 22.9 Å². The maximum atomic E-state index is 6.03. The first-order valence-electron chi connectivity index (χ1n) is 9.67. The van der Waals surface area contributed by atoms with Gasteiger partial charge < -0.3 is 0 Å². The van der Waals surface area contributed by atoms with Crippen LogP contribution in [0.3, 0.4) is 0 Å². The summed E-state index contributed by atoms with van der Waals surface area (Å²) < 4.78 is 6.03. The van der Waals surface area contributed by atoms with Gasteiger partial charge in [-0.15, -0.1) is 0 Å². The normalized spacial score (nSPS) is 11.2. The Labute approximate surface area is 161 Å². The zero-order valence-corrected chi connectivity index (χ0v) is 18.4. The van der Waals surface area contributed by atoms with E-state index < -0.39 is 0 Å². The van der Waals surface area contributed by atoms with Crippen molar-refractivity contribution < 1.29 is 3.07 Å². The van der Waals surface area contributed by atoms with E-state index in [-0.39, 0.29) is 0 Å². The fraction of sp³-hybridized carbons (Fsp3) is 0.545. The summed E-state index contributed by atoms with van der Waals surface area (Å²) in [5.41, 5.74) is 4.71. The van der Waals surface area contributed by atoms with E-state index in [1.165, 1.54) is 73.5 Å². The van der Waals surface area contributed by atoms with Crippen LogP contribution in [0.25, 0.3) is 10.8 Å². The van der Waals surface area contributed by atoms with Gasteiger partial charge in [0.25, 0.3) is 0 Å². The Kier molecular flexibility index (Phi) is 8.44. The molecule has 0 aliphatic heterocycles. The molecule has 0 unspecified atom stereocenters. The first-order valence-corrected chi connectivity index (χ1v) is 10.8. The van der Waals surface area contributed by atoms with Gasteiger partial charge in [0, 0.05) is 0 Å².